The predicted octanol–water partition coefficient (Wildman–Crippen LogP) is 1.27. The molecular weight excluding hydrogens is 224 g/mol. The van der Waals surface area contributed by atoms with Gasteiger partial charge in [-0.2, -0.15) is 0 Å². The van der Waals surface area contributed by atoms with Crippen molar-refractivity contribution in [3.05, 3.63) is 12.7 Å². The molecule has 0 aliphatic carbocycles. The van der Waals surface area contributed by atoms with Crippen molar-refractivity contribution in [1.82, 2.24) is 0 Å². The summed E-state index contributed by atoms with van der Waals surface area (Å²) in [6.45, 7) is 8.02. The van der Waals surface area contributed by atoms with Crippen LogP contribution in [0.25, 0.3) is 0 Å². The first-order valence-corrected chi connectivity index (χ1v) is 5.58. The van der Waals surface area contributed by atoms with Crippen LogP contribution in [-0.4, -0.2) is 44.3 Å². The van der Waals surface area contributed by atoms with Gasteiger partial charge in [0.2, 0.25) is 0 Å². The average molecular weight is 244 g/mol. The Labute approximate surface area is 102 Å². The quantitative estimate of drug-likeness (QED) is 0.498. The molecule has 1 fully saturated rings. The van der Waals surface area contributed by atoms with E-state index in [4.69, 9.17) is 18.9 Å². The van der Waals surface area contributed by atoms with Crippen LogP contribution in [0.5, 0.6) is 0 Å². The molecule has 0 amide bonds. The first-order chi connectivity index (χ1) is 8.04. The van der Waals surface area contributed by atoms with Gasteiger partial charge in [0.15, 0.2) is 11.9 Å². The number of rotatable bonds is 7. The van der Waals surface area contributed by atoms with Crippen LogP contribution in [0.15, 0.2) is 12.7 Å². The number of hydrogen-bond donors (Lipinski definition) is 0. The van der Waals surface area contributed by atoms with Crippen molar-refractivity contribution in [2.45, 2.75) is 44.4 Å². The Kier molecular flexibility index (Phi) is 5.11. The summed E-state index contributed by atoms with van der Waals surface area (Å²) >= 11 is 0. The summed E-state index contributed by atoms with van der Waals surface area (Å²) in [6, 6.07) is 0. The van der Waals surface area contributed by atoms with Gasteiger partial charge < -0.3 is 18.9 Å². The normalized spacial score (nSPS) is 28.6. The number of hydrogen-bond acceptors (Lipinski definition) is 5. The van der Waals surface area contributed by atoms with Gasteiger partial charge in [0.05, 0.1) is 12.7 Å². The average Bonchev–Trinajstić information content (AvgIpc) is 2.54. The molecule has 0 unspecified atom stereocenters. The molecule has 17 heavy (non-hydrogen) atoms. The van der Waals surface area contributed by atoms with E-state index >= 15 is 0 Å². The van der Waals surface area contributed by atoms with E-state index in [-0.39, 0.29) is 18.8 Å². The largest absolute Gasteiger partial charge is 0.459 e. The van der Waals surface area contributed by atoms with Gasteiger partial charge in [-0.1, -0.05) is 6.08 Å². The van der Waals surface area contributed by atoms with Crippen LogP contribution < -0.4 is 0 Å². The summed E-state index contributed by atoms with van der Waals surface area (Å²) < 4.78 is 21.5. The van der Waals surface area contributed by atoms with Crippen molar-refractivity contribution in [1.29, 1.82) is 0 Å². The number of methoxy groups -OCH3 is 1. The van der Waals surface area contributed by atoms with Crippen LogP contribution in [0.3, 0.4) is 0 Å². The van der Waals surface area contributed by atoms with Gasteiger partial charge in [0.25, 0.3) is 6.47 Å². The van der Waals surface area contributed by atoms with Gasteiger partial charge >= 0.3 is 0 Å². The van der Waals surface area contributed by atoms with Crippen LogP contribution in [0.4, 0.5) is 0 Å². The van der Waals surface area contributed by atoms with E-state index in [9.17, 15) is 4.79 Å². The molecule has 5 heteroatoms. The van der Waals surface area contributed by atoms with Gasteiger partial charge in [0.1, 0.15) is 6.10 Å². The lowest BCUT2D eigenvalue weighted by Crippen LogP contribution is -2.40. The van der Waals surface area contributed by atoms with Crippen LogP contribution in [-0.2, 0) is 23.7 Å². The molecule has 0 N–H and O–H groups in total. The number of carbonyl (C=O) groups excluding carboxylic acids is 1. The highest BCUT2D eigenvalue weighted by Crippen LogP contribution is 2.32. The third kappa shape index (κ3) is 3.80. The van der Waals surface area contributed by atoms with E-state index in [0.29, 0.717) is 12.9 Å². The maximum absolute atomic E-state index is 10.5. The monoisotopic (exact) mass is 244 g/mol. The predicted molar refractivity (Wildman–Crippen MR) is 61.5 cm³/mol. The van der Waals surface area contributed by atoms with E-state index in [1.807, 2.05) is 13.8 Å². The van der Waals surface area contributed by atoms with E-state index < -0.39 is 11.9 Å². The van der Waals surface area contributed by atoms with Crippen molar-refractivity contribution >= 4 is 6.47 Å². The Hall–Kier alpha value is -0.910. The molecule has 0 aromatic carbocycles. The summed E-state index contributed by atoms with van der Waals surface area (Å²) in [6.07, 6.45) is 1.41. The summed E-state index contributed by atoms with van der Waals surface area (Å²) in [5.74, 6) is -0.684. The molecule has 98 valence electrons. The van der Waals surface area contributed by atoms with Crippen molar-refractivity contribution < 1.29 is 23.7 Å². The zero-order valence-electron chi connectivity index (χ0n) is 10.5. The number of carbonyl (C=O) groups is 1. The van der Waals surface area contributed by atoms with E-state index in [1.54, 1.807) is 13.2 Å². The van der Waals surface area contributed by atoms with Crippen LogP contribution in [0, 0.1) is 0 Å². The Morgan fingerprint density at radius 2 is 2.18 bits per heavy atom. The number of ether oxygens (including phenoxy) is 4. The fourth-order valence-corrected chi connectivity index (χ4v) is 1.97. The molecule has 0 saturated carbocycles. The molecule has 1 heterocycles. The van der Waals surface area contributed by atoms with Crippen LogP contribution in [0.2, 0.25) is 0 Å². The smallest absolute Gasteiger partial charge is 0.293 e. The molecule has 0 spiro atoms. The Morgan fingerprint density at radius 1 is 1.47 bits per heavy atom. The molecular formula is C12H20O5. The Bertz CT molecular complexity index is 264. The van der Waals surface area contributed by atoms with Crippen LogP contribution >= 0.6 is 0 Å². The summed E-state index contributed by atoms with van der Waals surface area (Å²) in [5.41, 5.74) is 0. The highest BCUT2D eigenvalue weighted by atomic mass is 16.8. The third-order valence-electron chi connectivity index (χ3n) is 2.55. The molecule has 5 nitrogen and oxygen atoms in total. The van der Waals surface area contributed by atoms with E-state index in [0.717, 1.165) is 0 Å². The van der Waals surface area contributed by atoms with Crippen molar-refractivity contribution in [3.63, 3.8) is 0 Å². The maximum atomic E-state index is 10.5. The molecule has 1 aliphatic heterocycles. The molecule has 1 aliphatic rings. The Morgan fingerprint density at radius 3 is 2.71 bits per heavy atom. The molecule has 0 radical (unpaired) electrons. The second-order valence-electron chi connectivity index (χ2n) is 4.39. The minimum atomic E-state index is -0.684. The summed E-state index contributed by atoms with van der Waals surface area (Å²) in [4.78, 5) is 10.5. The van der Waals surface area contributed by atoms with Crippen LogP contribution in [0.1, 0.15) is 20.3 Å². The highest BCUT2D eigenvalue weighted by Gasteiger charge is 2.45. The topological polar surface area (TPSA) is 54.0 Å². The van der Waals surface area contributed by atoms with Crippen molar-refractivity contribution in [2.75, 3.05) is 13.7 Å². The lowest BCUT2D eigenvalue weighted by atomic mass is 10.1. The second kappa shape index (κ2) is 6.14. The minimum Gasteiger partial charge on any atom is -0.459 e. The first kappa shape index (κ1) is 14.2. The fourth-order valence-electron chi connectivity index (χ4n) is 1.97. The van der Waals surface area contributed by atoms with Gasteiger partial charge in [0, 0.05) is 7.11 Å². The van der Waals surface area contributed by atoms with Gasteiger partial charge in [-0.25, -0.2) is 0 Å². The zero-order valence-corrected chi connectivity index (χ0v) is 10.5. The van der Waals surface area contributed by atoms with Gasteiger partial charge in [-0.3, -0.25) is 4.79 Å². The molecule has 0 aromatic heterocycles. The lowest BCUT2D eigenvalue weighted by molar-refractivity contribution is -0.168. The first-order valence-electron chi connectivity index (χ1n) is 5.58. The molecule has 1 rings (SSSR count). The van der Waals surface area contributed by atoms with Gasteiger partial charge in [-0.15, -0.1) is 6.58 Å². The molecule has 0 aromatic rings. The standard InChI is InChI=1S/C12H20O5/c1-5-6-9-11(17-12(2,3)16-9)10(7-14-4)15-8-13/h5,8-11H,1,6-7H2,2-4H3/t9-,10-,11+/m1/s1. The maximum Gasteiger partial charge on any atom is 0.293 e. The van der Waals surface area contributed by atoms with Crippen molar-refractivity contribution in [3.8, 4) is 0 Å². The molecule has 0 bridgehead atoms. The third-order valence-corrected chi connectivity index (χ3v) is 2.55. The zero-order chi connectivity index (χ0) is 12.9. The SMILES string of the molecule is C=CC[C@H]1OC(C)(C)O[C@@H]1[C@@H](COC)OC=O. The summed E-state index contributed by atoms with van der Waals surface area (Å²) in [7, 11) is 1.55. The van der Waals surface area contributed by atoms with E-state index in [2.05, 4.69) is 6.58 Å². The Balaban J connectivity index is 2.75. The molecule has 3 atom stereocenters. The second-order valence-corrected chi connectivity index (χ2v) is 4.39. The highest BCUT2D eigenvalue weighted by molar-refractivity contribution is 5.37. The minimum absolute atomic E-state index is 0.178. The molecule has 1 saturated heterocycles. The summed E-state index contributed by atoms with van der Waals surface area (Å²) in [5, 5.41) is 0. The lowest BCUT2D eigenvalue weighted by Gasteiger charge is -2.24. The van der Waals surface area contributed by atoms with Crippen molar-refractivity contribution in [2.24, 2.45) is 0 Å². The fraction of sp³-hybridized carbons (Fsp3) is 0.750. The van der Waals surface area contributed by atoms with E-state index in [1.165, 1.54) is 0 Å². The van der Waals surface area contributed by atoms with Gasteiger partial charge in [-0.05, 0) is 20.3 Å².